The van der Waals surface area contributed by atoms with Crippen LogP contribution in [0.3, 0.4) is 0 Å². The topological polar surface area (TPSA) is 0 Å². The number of rotatable bonds is 2. The first kappa shape index (κ1) is 7.49. The van der Waals surface area contributed by atoms with Gasteiger partial charge in [-0.25, -0.2) is 0 Å². The molecule has 0 N–H and O–H groups in total. The Labute approximate surface area is 49.7 Å². The molecule has 0 fully saturated rings. The van der Waals surface area contributed by atoms with Gasteiger partial charge in [0.1, 0.15) is 0 Å². The van der Waals surface area contributed by atoms with Crippen LogP contribution >= 0.6 is 9.24 Å². The zero-order valence-corrected chi connectivity index (χ0v) is 6.17. The molecule has 0 rings (SSSR count). The Morgan fingerprint density at radius 3 is 2.00 bits per heavy atom. The van der Waals surface area contributed by atoms with E-state index in [4.69, 9.17) is 7.85 Å². The summed E-state index contributed by atoms with van der Waals surface area (Å²) in [4.78, 5) is 0. The van der Waals surface area contributed by atoms with Crippen LogP contribution in [-0.2, 0) is 0 Å². The maximum Gasteiger partial charge on any atom is 0.0696 e. The second-order valence-electron chi connectivity index (χ2n) is 2.19. The van der Waals surface area contributed by atoms with Gasteiger partial charge in [0.15, 0.2) is 0 Å². The van der Waals surface area contributed by atoms with Crippen LogP contribution in [0, 0.1) is 0 Å². The highest BCUT2D eigenvalue weighted by atomic mass is 31.0. The van der Waals surface area contributed by atoms with Crippen molar-refractivity contribution in [2.75, 3.05) is 0 Å². The molecular formula is C5H12BP. The molecule has 0 aromatic heterocycles. The summed E-state index contributed by atoms with van der Waals surface area (Å²) in [7, 11) is 8.20. The van der Waals surface area contributed by atoms with E-state index in [2.05, 4.69) is 16.2 Å². The Hall–Kier alpha value is 0.495. The lowest BCUT2D eigenvalue weighted by Crippen LogP contribution is -1.94. The van der Waals surface area contributed by atoms with Gasteiger partial charge in [0.25, 0.3) is 0 Å². The fourth-order valence-electron chi connectivity index (χ4n) is 0.586. The van der Waals surface area contributed by atoms with Crippen molar-refractivity contribution in [3.8, 4) is 0 Å². The van der Waals surface area contributed by atoms with E-state index in [-0.39, 0.29) is 0 Å². The third-order valence-electron chi connectivity index (χ3n) is 0.744. The smallest absolute Gasteiger partial charge is 0.0696 e. The van der Waals surface area contributed by atoms with Gasteiger partial charge in [0, 0.05) is 0 Å². The van der Waals surface area contributed by atoms with Crippen LogP contribution in [0.2, 0.25) is 5.82 Å². The van der Waals surface area contributed by atoms with E-state index in [0.29, 0.717) is 11.5 Å². The van der Waals surface area contributed by atoms with Crippen LogP contribution < -0.4 is 0 Å². The van der Waals surface area contributed by atoms with Crippen molar-refractivity contribution >= 4 is 17.1 Å². The van der Waals surface area contributed by atoms with Crippen molar-refractivity contribution < 1.29 is 0 Å². The molecule has 2 radical (unpaired) electrons. The molecule has 0 heterocycles. The zero-order valence-electron chi connectivity index (χ0n) is 5.02. The van der Waals surface area contributed by atoms with Crippen molar-refractivity contribution in [2.45, 2.75) is 31.7 Å². The fourth-order valence-corrected chi connectivity index (χ4v) is 1.02. The minimum absolute atomic E-state index is 0.354. The summed E-state index contributed by atoms with van der Waals surface area (Å²) < 4.78 is 0. The molecular weight excluding hydrogens is 102 g/mol. The molecule has 40 valence electrons. The highest BCUT2D eigenvalue weighted by Gasteiger charge is 1.95. The van der Waals surface area contributed by atoms with Crippen molar-refractivity contribution in [2.24, 2.45) is 0 Å². The minimum Gasteiger partial charge on any atom is -0.135 e. The molecule has 0 aromatic carbocycles. The van der Waals surface area contributed by atoms with Gasteiger partial charge in [-0.05, 0) is 5.66 Å². The Morgan fingerprint density at radius 2 is 2.00 bits per heavy atom. The van der Waals surface area contributed by atoms with E-state index in [0.717, 1.165) is 6.42 Å². The van der Waals surface area contributed by atoms with Gasteiger partial charge >= 0.3 is 0 Å². The standard InChI is InChI=1S/C5H12BP/c1-4(6)3-5(2)7/h4-5H,3,7H2,1-2H3/t4?,5-/m0/s1. The van der Waals surface area contributed by atoms with Crippen molar-refractivity contribution in [1.82, 2.24) is 0 Å². The summed E-state index contributed by atoms with van der Waals surface area (Å²) in [5, 5.41) is 0. The largest absolute Gasteiger partial charge is 0.135 e. The molecule has 0 amide bonds. The molecule has 2 unspecified atom stereocenters. The van der Waals surface area contributed by atoms with Crippen molar-refractivity contribution in [1.29, 1.82) is 0 Å². The SMILES string of the molecule is [B]C(C)C[C@H](C)P. The molecule has 0 saturated heterocycles. The van der Waals surface area contributed by atoms with Gasteiger partial charge in [-0.1, -0.05) is 26.1 Å². The summed E-state index contributed by atoms with van der Waals surface area (Å²) in [5.74, 6) is 0.354. The second-order valence-corrected chi connectivity index (χ2v) is 3.33. The molecule has 7 heavy (non-hydrogen) atoms. The molecule has 0 nitrogen and oxygen atoms in total. The second kappa shape index (κ2) is 3.49. The van der Waals surface area contributed by atoms with Gasteiger partial charge in [-0.15, -0.1) is 9.24 Å². The minimum atomic E-state index is 0.354. The quantitative estimate of drug-likeness (QED) is 0.378. The van der Waals surface area contributed by atoms with Gasteiger partial charge in [-0.2, -0.15) is 0 Å². The molecule has 0 aliphatic rings. The van der Waals surface area contributed by atoms with E-state index in [1.807, 2.05) is 6.92 Å². The lowest BCUT2D eigenvalue weighted by molar-refractivity contribution is 0.785. The van der Waals surface area contributed by atoms with Crippen LogP contribution in [0.4, 0.5) is 0 Å². The molecule has 0 aliphatic carbocycles. The molecule has 0 bridgehead atoms. The molecule has 3 atom stereocenters. The molecule has 0 aromatic rings. The summed E-state index contributed by atoms with van der Waals surface area (Å²) in [6.45, 7) is 4.18. The summed E-state index contributed by atoms with van der Waals surface area (Å²) in [5.41, 5.74) is 0.667. The van der Waals surface area contributed by atoms with Gasteiger partial charge in [0.05, 0.1) is 7.85 Å². The van der Waals surface area contributed by atoms with Crippen molar-refractivity contribution in [3.63, 3.8) is 0 Å². The van der Waals surface area contributed by atoms with Crippen molar-refractivity contribution in [3.05, 3.63) is 0 Å². The Kier molecular flexibility index (Phi) is 3.74. The monoisotopic (exact) mass is 114 g/mol. The summed E-state index contributed by atoms with van der Waals surface area (Å²) >= 11 is 0. The van der Waals surface area contributed by atoms with E-state index < -0.39 is 0 Å². The van der Waals surface area contributed by atoms with E-state index >= 15 is 0 Å². The highest BCUT2D eigenvalue weighted by Crippen LogP contribution is 2.12. The van der Waals surface area contributed by atoms with E-state index in [9.17, 15) is 0 Å². The first-order valence-corrected chi connectivity index (χ1v) is 3.30. The Morgan fingerprint density at radius 1 is 1.57 bits per heavy atom. The molecule has 0 saturated carbocycles. The Bertz CT molecular complexity index is 37.3. The molecule has 0 spiro atoms. The number of hydrogen-bond acceptors (Lipinski definition) is 0. The lowest BCUT2D eigenvalue weighted by atomic mass is 9.86. The maximum absolute atomic E-state index is 5.48. The van der Waals surface area contributed by atoms with Crippen LogP contribution in [0.15, 0.2) is 0 Å². The molecule has 0 aliphatic heterocycles. The average molecular weight is 114 g/mol. The first-order chi connectivity index (χ1) is 3.13. The third-order valence-corrected chi connectivity index (χ3v) is 1.02. The van der Waals surface area contributed by atoms with Crippen LogP contribution in [0.5, 0.6) is 0 Å². The van der Waals surface area contributed by atoms with Crippen LogP contribution in [0.1, 0.15) is 20.3 Å². The average Bonchev–Trinajstić information content (AvgIpc) is 1.27. The normalized spacial score (nSPS) is 18.7. The first-order valence-electron chi connectivity index (χ1n) is 2.64. The number of hydrogen-bond donors (Lipinski definition) is 0. The van der Waals surface area contributed by atoms with Crippen LogP contribution in [0.25, 0.3) is 0 Å². The highest BCUT2D eigenvalue weighted by molar-refractivity contribution is 7.17. The van der Waals surface area contributed by atoms with E-state index in [1.54, 1.807) is 0 Å². The third kappa shape index (κ3) is 6.49. The summed E-state index contributed by atoms with van der Waals surface area (Å²) in [6, 6.07) is 0. The maximum atomic E-state index is 5.48. The zero-order chi connectivity index (χ0) is 5.86. The van der Waals surface area contributed by atoms with Gasteiger partial charge in [0.2, 0.25) is 0 Å². The molecule has 2 heteroatoms. The van der Waals surface area contributed by atoms with Gasteiger partial charge < -0.3 is 0 Å². The predicted molar refractivity (Wildman–Crippen MR) is 39.0 cm³/mol. The summed E-state index contributed by atoms with van der Waals surface area (Å²) in [6.07, 6.45) is 1.10. The lowest BCUT2D eigenvalue weighted by Gasteiger charge is -2.05. The van der Waals surface area contributed by atoms with E-state index in [1.165, 1.54) is 0 Å². The predicted octanol–water partition coefficient (Wildman–Crippen LogP) is 1.62. The Balaban J connectivity index is 2.95. The van der Waals surface area contributed by atoms with Gasteiger partial charge in [-0.3, -0.25) is 0 Å². The van der Waals surface area contributed by atoms with Crippen LogP contribution in [-0.4, -0.2) is 13.5 Å². The fraction of sp³-hybridized carbons (Fsp3) is 1.00.